The van der Waals surface area contributed by atoms with E-state index in [2.05, 4.69) is 75.4 Å². The molecule has 1 saturated heterocycles. The van der Waals surface area contributed by atoms with Gasteiger partial charge in [0.1, 0.15) is 5.82 Å². The Morgan fingerprint density at radius 1 is 0.784 bits per heavy atom. The topological polar surface area (TPSA) is 49.3 Å². The minimum atomic E-state index is -0.263. The second-order valence-electron chi connectivity index (χ2n) is 9.83. The van der Waals surface area contributed by atoms with Crippen LogP contribution in [0.1, 0.15) is 51.1 Å². The number of hydrogen-bond acceptors (Lipinski definition) is 5. The van der Waals surface area contributed by atoms with Gasteiger partial charge in [0.15, 0.2) is 5.78 Å². The molecule has 0 N–H and O–H groups in total. The number of rotatable bonds is 5. The molecule has 6 heteroatoms. The van der Waals surface area contributed by atoms with E-state index in [1.54, 1.807) is 18.3 Å². The Kier molecular flexibility index (Phi) is 6.49. The van der Waals surface area contributed by atoms with Gasteiger partial charge in [-0.15, -0.1) is 0 Å². The highest BCUT2D eigenvalue weighted by molar-refractivity contribution is 5.98. The fraction of sp³-hybridized carbons (Fsp3) is 0.258. The highest BCUT2D eigenvalue weighted by Crippen LogP contribution is 2.34. The van der Waals surface area contributed by atoms with Crippen LogP contribution < -0.4 is 4.90 Å². The van der Waals surface area contributed by atoms with E-state index < -0.39 is 0 Å². The summed E-state index contributed by atoms with van der Waals surface area (Å²) in [5.41, 5.74) is 4.45. The molecular formula is C31H29FN4O. The molecule has 4 aromatic rings. The van der Waals surface area contributed by atoms with Crippen molar-refractivity contribution in [1.82, 2.24) is 14.9 Å². The number of hydrogen-bond donors (Lipinski definition) is 0. The van der Waals surface area contributed by atoms with Crippen LogP contribution in [0.5, 0.6) is 0 Å². The molecule has 37 heavy (non-hydrogen) atoms. The number of carbonyl (C=O) groups excluding carboxylic acids is 1. The maximum Gasteiger partial charge on any atom is 0.225 e. The standard InChI is InChI=1S/C31H29FN4O/c32-27-14-8-7-13-25(27)24-19-28-26(29(37)20-24)21-33-31(34-28)36-17-15-35(16-18-36)30(22-9-3-1-4-10-22)23-11-5-2-6-12-23/h1-14,21,24,30H,15-20H2/t24-/m0/s1. The number of piperazine rings is 1. The fourth-order valence-corrected chi connectivity index (χ4v) is 5.68. The van der Waals surface area contributed by atoms with Crippen LogP contribution in [0.25, 0.3) is 0 Å². The molecule has 2 heterocycles. The van der Waals surface area contributed by atoms with Crippen LogP contribution in [0.3, 0.4) is 0 Å². The third-order valence-corrected chi connectivity index (χ3v) is 7.56. The minimum Gasteiger partial charge on any atom is -0.338 e. The molecule has 1 aromatic heterocycles. The first kappa shape index (κ1) is 23.5. The predicted molar refractivity (Wildman–Crippen MR) is 142 cm³/mol. The largest absolute Gasteiger partial charge is 0.338 e. The highest BCUT2D eigenvalue weighted by Gasteiger charge is 2.31. The van der Waals surface area contributed by atoms with Gasteiger partial charge in [0.25, 0.3) is 0 Å². The Morgan fingerprint density at radius 3 is 2.05 bits per heavy atom. The van der Waals surface area contributed by atoms with E-state index >= 15 is 0 Å². The van der Waals surface area contributed by atoms with Crippen molar-refractivity contribution in [3.8, 4) is 0 Å². The summed E-state index contributed by atoms with van der Waals surface area (Å²) in [6.45, 7) is 3.32. The number of anilines is 1. The molecule has 1 atom stereocenters. The smallest absolute Gasteiger partial charge is 0.225 e. The van der Waals surface area contributed by atoms with Gasteiger partial charge in [-0.1, -0.05) is 78.9 Å². The number of nitrogens with zero attached hydrogens (tertiary/aromatic N) is 4. The molecule has 0 unspecified atom stereocenters. The number of ketones is 1. The van der Waals surface area contributed by atoms with Crippen LogP contribution in [0.4, 0.5) is 10.3 Å². The number of benzene rings is 3. The van der Waals surface area contributed by atoms with Crippen LogP contribution in [0.15, 0.2) is 91.1 Å². The van der Waals surface area contributed by atoms with Crippen molar-refractivity contribution in [3.63, 3.8) is 0 Å². The second-order valence-corrected chi connectivity index (χ2v) is 9.83. The summed E-state index contributed by atoms with van der Waals surface area (Å²) in [5.74, 6) is 0.176. The lowest BCUT2D eigenvalue weighted by atomic mass is 9.82. The van der Waals surface area contributed by atoms with Crippen LogP contribution >= 0.6 is 0 Å². The Labute approximate surface area is 216 Å². The molecular weight excluding hydrogens is 463 g/mol. The lowest BCUT2D eigenvalue weighted by Gasteiger charge is -2.40. The van der Waals surface area contributed by atoms with Crippen molar-refractivity contribution >= 4 is 11.7 Å². The summed E-state index contributed by atoms with van der Waals surface area (Å²) in [6.07, 6.45) is 2.50. The van der Waals surface area contributed by atoms with Gasteiger partial charge in [0.2, 0.25) is 5.95 Å². The Hall–Kier alpha value is -3.90. The Morgan fingerprint density at radius 2 is 1.41 bits per heavy atom. The van der Waals surface area contributed by atoms with Gasteiger partial charge in [-0.25, -0.2) is 14.4 Å². The van der Waals surface area contributed by atoms with E-state index in [1.807, 2.05) is 6.07 Å². The normalized spacial score (nSPS) is 18.2. The molecule has 3 aromatic carbocycles. The molecule has 186 valence electrons. The molecule has 1 aliphatic heterocycles. The predicted octanol–water partition coefficient (Wildman–Crippen LogP) is 5.44. The summed E-state index contributed by atoms with van der Waals surface area (Å²) in [5, 5.41) is 0. The Bertz CT molecular complexity index is 1350. The highest BCUT2D eigenvalue weighted by atomic mass is 19.1. The molecule has 1 fully saturated rings. The average molecular weight is 493 g/mol. The molecule has 0 spiro atoms. The van der Waals surface area contributed by atoms with E-state index in [-0.39, 0.29) is 30.0 Å². The zero-order chi connectivity index (χ0) is 25.2. The monoisotopic (exact) mass is 492 g/mol. The lowest BCUT2D eigenvalue weighted by molar-refractivity contribution is 0.0962. The number of halogens is 1. The van der Waals surface area contributed by atoms with Gasteiger partial charge in [0, 0.05) is 38.8 Å². The van der Waals surface area contributed by atoms with Crippen LogP contribution in [0, 0.1) is 5.82 Å². The van der Waals surface area contributed by atoms with Gasteiger partial charge in [-0.05, 0) is 35.1 Å². The SMILES string of the molecule is O=C1C[C@@H](c2ccccc2F)Cc2nc(N3CCN(C(c4ccccc4)c4ccccc4)CC3)ncc21. The van der Waals surface area contributed by atoms with Gasteiger partial charge in [-0.3, -0.25) is 9.69 Å². The minimum absolute atomic E-state index is 0.0144. The van der Waals surface area contributed by atoms with E-state index in [1.165, 1.54) is 17.2 Å². The van der Waals surface area contributed by atoms with Crippen molar-refractivity contribution in [2.75, 3.05) is 31.1 Å². The van der Waals surface area contributed by atoms with E-state index in [9.17, 15) is 9.18 Å². The van der Waals surface area contributed by atoms with E-state index in [0.717, 1.165) is 31.9 Å². The number of aromatic nitrogens is 2. The van der Waals surface area contributed by atoms with Crippen molar-refractivity contribution in [2.45, 2.75) is 24.8 Å². The molecule has 5 nitrogen and oxygen atoms in total. The second kappa shape index (κ2) is 10.2. The van der Waals surface area contributed by atoms with Crippen molar-refractivity contribution in [1.29, 1.82) is 0 Å². The summed E-state index contributed by atoms with van der Waals surface area (Å²) in [6, 6.07) is 28.2. The number of carbonyl (C=O) groups is 1. The lowest BCUT2D eigenvalue weighted by Crippen LogP contribution is -2.48. The molecule has 0 bridgehead atoms. The summed E-state index contributed by atoms with van der Waals surface area (Å²) in [4.78, 5) is 26.9. The summed E-state index contributed by atoms with van der Waals surface area (Å²) < 4.78 is 14.4. The van der Waals surface area contributed by atoms with Crippen LogP contribution in [-0.4, -0.2) is 46.8 Å². The molecule has 2 aliphatic rings. The van der Waals surface area contributed by atoms with Crippen LogP contribution in [-0.2, 0) is 6.42 Å². The van der Waals surface area contributed by atoms with Crippen LogP contribution in [0.2, 0.25) is 0 Å². The fourth-order valence-electron chi connectivity index (χ4n) is 5.68. The maximum absolute atomic E-state index is 14.4. The van der Waals surface area contributed by atoms with E-state index in [0.29, 0.717) is 23.5 Å². The molecule has 0 amide bonds. The quantitative estimate of drug-likeness (QED) is 0.371. The zero-order valence-corrected chi connectivity index (χ0v) is 20.6. The maximum atomic E-state index is 14.4. The molecule has 0 saturated carbocycles. The van der Waals surface area contributed by atoms with Gasteiger partial charge >= 0.3 is 0 Å². The first-order valence-electron chi connectivity index (χ1n) is 12.9. The third-order valence-electron chi connectivity index (χ3n) is 7.56. The van der Waals surface area contributed by atoms with E-state index in [4.69, 9.17) is 4.98 Å². The van der Waals surface area contributed by atoms with Crippen molar-refractivity contribution in [3.05, 3.63) is 125 Å². The first-order chi connectivity index (χ1) is 18.2. The molecule has 6 rings (SSSR count). The Balaban J connectivity index is 1.21. The van der Waals surface area contributed by atoms with Gasteiger partial charge in [-0.2, -0.15) is 0 Å². The first-order valence-corrected chi connectivity index (χ1v) is 12.9. The summed E-state index contributed by atoms with van der Waals surface area (Å²) in [7, 11) is 0. The zero-order valence-electron chi connectivity index (χ0n) is 20.6. The van der Waals surface area contributed by atoms with Gasteiger partial charge in [0.05, 0.1) is 17.3 Å². The number of fused-ring (bicyclic) bond motifs is 1. The van der Waals surface area contributed by atoms with Gasteiger partial charge < -0.3 is 4.90 Å². The molecule has 0 radical (unpaired) electrons. The molecule has 1 aliphatic carbocycles. The van der Waals surface area contributed by atoms with Crippen molar-refractivity contribution < 1.29 is 9.18 Å². The summed E-state index contributed by atoms with van der Waals surface area (Å²) >= 11 is 0. The average Bonchev–Trinajstić information content (AvgIpc) is 2.95. The van der Waals surface area contributed by atoms with Crippen molar-refractivity contribution in [2.24, 2.45) is 0 Å². The third kappa shape index (κ3) is 4.77. The number of Topliss-reactive ketones (excluding diaryl/α,β-unsaturated/α-hetero) is 1.